The van der Waals surface area contributed by atoms with Crippen molar-refractivity contribution >= 4 is 0 Å². The zero-order valence-corrected chi connectivity index (χ0v) is 9.24. The van der Waals surface area contributed by atoms with Crippen LogP contribution in [0.15, 0.2) is 37.0 Å². The zero-order chi connectivity index (χ0) is 10.6. The lowest BCUT2D eigenvalue weighted by molar-refractivity contribution is 0.136. The predicted molar refractivity (Wildman–Crippen MR) is 62.4 cm³/mol. The summed E-state index contributed by atoms with van der Waals surface area (Å²) in [5, 5.41) is 0. The van der Waals surface area contributed by atoms with Gasteiger partial charge in [0.15, 0.2) is 0 Å². The number of hydrogen-bond acceptors (Lipinski definition) is 2. The van der Waals surface area contributed by atoms with Crippen LogP contribution in [-0.2, 0) is 0 Å². The molecular formula is C12H20N2. The van der Waals surface area contributed by atoms with Crippen molar-refractivity contribution in [1.82, 2.24) is 9.80 Å². The number of rotatable bonds is 3. The van der Waals surface area contributed by atoms with Gasteiger partial charge in [0, 0.05) is 25.7 Å². The molecular weight excluding hydrogens is 172 g/mol. The average molecular weight is 192 g/mol. The molecule has 14 heavy (non-hydrogen) atoms. The molecule has 0 aliphatic carbocycles. The van der Waals surface area contributed by atoms with E-state index in [1.54, 1.807) is 0 Å². The molecule has 0 N–H and O–H groups in total. The Hall–Kier alpha value is -0.860. The van der Waals surface area contributed by atoms with E-state index in [1.807, 2.05) is 18.2 Å². The van der Waals surface area contributed by atoms with Crippen LogP contribution in [0, 0.1) is 0 Å². The second kappa shape index (κ2) is 5.13. The van der Waals surface area contributed by atoms with Crippen LogP contribution in [0.25, 0.3) is 0 Å². The quantitative estimate of drug-likeness (QED) is 0.626. The Labute approximate surface area is 87.2 Å². The van der Waals surface area contributed by atoms with E-state index in [1.165, 1.54) is 5.57 Å². The molecule has 1 rings (SSSR count). The van der Waals surface area contributed by atoms with E-state index >= 15 is 0 Å². The molecule has 0 bridgehead atoms. The Kier molecular flexibility index (Phi) is 4.11. The highest BCUT2D eigenvalue weighted by atomic mass is 15.3. The molecule has 1 atom stereocenters. The smallest absolute Gasteiger partial charge is 0.0472 e. The van der Waals surface area contributed by atoms with Crippen molar-refractivity contribution in [3.8, 4) is 0 Å². The van der Waals surface area contributed by atoms with E-state index in [-0.39, 0.29) is 0 Å². The topological polar surface area (TPSA) is 6.48 Å². The van der Waals surface area contributed by atoms with E-state index in [9.17, 15) is 0 Å². The third kappa shape index (κ3) is 2.56. The van der Waals surface area contributed by atoms with E-state index < -0.39 is 0 Å². The number of hydrogen-bond donors (Lipinski definition) is 0. The molecule has 2 nitrogen and oxygen atoms in total. The Morgan fingerprint density at radius 3 is 2.57 bits per heavy atom. The van der Waals surface area contributed by atoms with Crippen LogP contribution in [0.5, 0.6) is 0 Å². The van der Waals surface area contributed by atoms with Gasteiger partial charge < -0.3 is 4.90 Å². The molecule has 0 spiro atoms. The standard InChI is InChI=1S/C12H20N2/c1-5-7-11(6-2)12-10-13(3)8-9-14(12)4/h5-7,12H,1-2,8-10H2,3-4H3/b11-7+. The molecule has 0 aromatic heterocycles. The van der Waals surface area contributed by atoms with Crippen molar-refractivity contribution in [1.29, 1.82) is 0 Å². The van der Waals surface area contributed by atoms with Gasteiger partial charge >= 0.3 is 0 Å². The Balaban J connectivity index is 2.76. The van der Waals surface area contributed by atoms with Crippen molar-refractivity contribution in [2.45, 2.75) is 6.04 Å². The van der Waals surface area contributed by atoms with Gasteiger partial charge in [0.1, 0.15) is 0 Å². The first kappa shape index (κ1) is 11.2. The maximum Gasteiger partial charge on any atom is 0.0472 e. The van der Waals surface area contributed by atoms with E-state index in [4.69, 9.17) is 0 Å². The van der Waals surface area contributed by atoms with Crippen molar-refractivity contribution in [3.05, 3.63) is 37.0 Å². The van der Waals surface area contributed by atoms with Crippen LogP contribution < -0.4 is 0 Å². The molecule has 1 aliphatic heterocycles. The lowest BCUT2D eigenvalue weighted by Gasteiger charge is -2.38. The third-order valence-corrected chi connectivity index (χ3v) is 2.78. The highest BCUT2D eigenvalue weighted by Crippen LogP contribution is 2.15. The van der Waals surface area contributed by atoms with Gasteiger partial charge in [-0.15, -0.1) is 0 Å². The minimum Gasteiger partial charge on any atom is -0.303 e. The fourth-order valence-electron chi connectivity index (χ4n) is 1.82. The van der Waals surface area contributed by atoms with E-state index in [0.717, 1.165) is 19.6 Å². The van der Waals surface area contributed by atoms with Crippen LogP contribution in [0.2, 0.25) is 0 Å². The molecule has 78 valence electrons. The van der Waals surface area contributed by atoms with Crippen molar-refractivity contribution in [2.75, 3.05) is 33.7 Å². The molecule has 1 heterocycles. The van der Waals surface area contributed by atoms with Crippen LogP contribution in [0.3, 0.4) is 0 Å². The first-order valence-corrected chi connectivity index (χ1v) is 5.03. The van der Waals surface area contributed by atoms with Crippen LogP contribution >= 0.6 is 0 Å². The summed E-state index contributed by atoms with van der Waals surface area (Å²) in [6, 6.07) is 0.462. The Morgan fingerprint density at radius 2 is 2.00 bits per heavy atom. The second-order valence-electron chi connectivity index (χ2n) is 3.87. The lowest BCUT2D eigenvalue weighted by Crippen LogP contribution is -2.50. The molecule has 2 heteroatoms. The molecule has 1 fully saturated rings. The first-order valence-electron chi connectivity index (χ1n) is 5.03. The Bertz CT molecular complexity index is 243. The summed E-state index contributed by atoms with van der Waals surface area (Å²) in [7, 11) is 4.33. The van der Waals surface area contributed by atoms with Crippen molar-refractivity contribution in [3.63, 3.8) is 0 Å². The summed E-state index contributed by atoms with van der Waals surface area (Å²) in [6.07, 6.45) is 5.81. The molecule has 1 aliphatic rings. The summed E-state index contributed by atoms with van der Waals surface area (Å²) in [6.45, 7) is 10.9. The van der Waals surface area contributed by atoms with Gasteiger partial charge in [-0.3, -0.25) is 4.90 Å². The average Bonchev–Trinajstić information content (AvgIpc) is 2.18. The summed E-state index contributed by atoms with van der Waals surface area (Å²) < 4.78 is 0. The highest BCUT2D eigenvalue weighted by molar-refractivity contribution is 5.27. The van der Waals surface area contributed by atoms with Gasteiger partial charge in [-0.05, 0) is 19.7 Å². The van der Waals surface area contributed by atoms with Gasteiger partial charge in [0.2, 0.25) is 0 Å². The van der Waals surface area contributed by atoms with Crippen LogP contribution in [-0.4, -0.2) is 49.6 Å². The number of likely N-dealkylation sites (N-methyl/N-ethyl adjacent to an activating group) is 2. The molecule has 0 aromatic carbocycles. The zero-order valence-electron chi connectivity index (χ0n) is 9.24. The molecule has 1 saturated heterocycles. The molecule has 1 unspecified atom stereocenters. The van der Waals surface area contributed by atoms with Crippen LogP contribution in [0.1, 0.15) is 0 Å². The van der Waals surface area contributed by atoms with Gasteiger partial charge in [-0.25, -0.2) is 0 Å². The minimum atomic E-state index is 0.462. The molecule has 0 aromatic rings. The maximum atomic E-state index is 3.85. The lowest BCUT2D eigenvalue weighted by atomic mass is 10.0. The fraction of sp³-hybridized carbons (Fsp3) is 0.500. The predicted octanol–water partition coefficient (Wildman–Crippen LogP) is 1.53. The molecule has 0 radical (unpaired) electrons. The van der Waals surface area contributed by atoms with Gasteiger partial charge in [0.05, 0.1) is 0 Å². The normalized spacial score (nSPS) is 26.1. The largest absolute Gasteiger partial charge is 0.303 e. The van der Waals surface area contributed by atoms with Crippen molar-refractivity contribution < 1.29 is 0 Å². The van der Waals surface area contributed by atoms with Crippen LogP contribution in [0.4, 0.5) is 0 Å². The molecule has 0 saturated carbocycles. The minimum absolute atomic E-state index is 0.462. The SMILES string of the molecule is C=C/C=C(\C=C)C1CN(C)CCN1C. The first-order chi connectivity index (χ1) is 6.69. The van der Waals surface area contributed by atoms with Gasteiger partial charge in [-0.1, -0.05) is 31.4 Å². The number of piperazine rings is 1. The van der Waals surface area contributed by atoms with Gasteiger partial charge in [0.25, 0.3) is 0 Å². The maximum absolute atomic E-state index is 3.85. The highest BCUT2D eigenvalue weighted by Gasteiger charge is 2.23. The summed E-state index contributed by atoms with van der Waals surface area (Å²) >= 11 is 0. The fourth-order valence-corrected chi connectivity index (χ4v) is 1.82. The monoisotopic (exact) mass is 192 g/mol. The molecule has 0 amide bonds. The summed E-state index contributed by atoms with van der Waals surface area (Å²) in [5.41, 5.74) is 1.26. The van der Waals surface area contributed by atoms with Crippen molar-refractivity contribution in [2.24, 2.45) is 0 Å². The Morgan fingerprint density at radius 1 is 1.29 bits per heavy atom. The number of allylic oxidation sites excluding steroid dienone is 2. The summed E-state index contributed by atoms with van der Waals surface area (Å²) in [4.78, 5) is 4.72. The third-order valence-electron chi connectivity index (χ3n) is 2.78. The van der Waals surface area contributed by atoms with E-state index in [0.29, 0.717) is 6.04 Å². The second-order valence-corrected chi connectivity index (χ2v) is 3.87. The van der Waals surface area contributed by atoms with Gasteiger partial charge in [-0.2, -0.15) is 0 Å². The van der Waals surface area contributed by atoms with E-state index in [2.05, 4.69) is 37.1 Å². The summed E-state index contributed by atoms with van der Waals surface area (Å²) in [5.74, 6) is 0. The number of nitrogens with zero attached hydrogens (tertiary/aromatic N) is 2.